The molecule has 3 heteroatoms. The molecule has 0 spiro atoms. The number of hydrogen-bond donors (Lipinski definition) is 1. The smallest absolute Gasteiger partial charge is 0.338 e. The van der Waals surface area contributed by atoms with E-state index in [0.29, 0.717) is 12.2 Å². The molecule has 0 fully saturated rings. The summed E-state index contributed by atoms with van der Waals surface area (Å²) in [5, 5.41) is 0. The molecular formula is C12H16O2S. The number of rotatable bonds is 5. The molecule has 0 saturated heterocycles. The highest BCUT2D eigenvalue weighted by Gasteiger charge is 2.05. The molecule has 2 nitrogen and oxygen atoms in total. The molecule has 82 valence electrons. The van der Waals surface area contributed by atoms with E-state index in [4.69, 9.17) is 4.74 Å². The molecular weight excluding hydrogens is 208 g/mol. The van der Waals surface area contributed by atoms with Crippen molar-refractivity contribution < 1.29 is 9.53 Å². The molecule has 15 heavy (non-hydrogen) atoms. The Bertz CT molecular complexity index is 306. The van der Waals surface area contributed by atoms with Crippen LogP contribution in [0.4, 0.5) is 0 Å². The van der Waals surface area contributed by atoms with E-state index in [0.717, 1.165) is 24.2 Å². The normalized spacial score (nSPS) is 10.0. The average molecular weight is 224 g/mol. The fourth-order valence-electron chi connectivity index (χ4n) is 1.20. The molecule has 1 aromatic carbocycles. The van der Waals surface area contributed by atoms with E-state index in [2.05, 4.69) is 19.6 Å². The van der Waals surface area contributed by atoms with Crippen LogP contribution in [-0.4, -0.2) is 12.6 Å². The van der Waals surface area contributed by atoms with Crippen molar-refractivity contribution in [2.24, 2.45) is 0 Å². The molecule has 1 rings (SSSR count). The number of carbonyl (C=O) groups is 1. The largest absolute Gasteiger partial charge is 0.462 e. The van der Waals surface area contributed by atoms with Crippen LogP contribution in [0.25, 0.3) is 0 Å². The molecule has 0 atom stereocenters. The standard InChI is InChI=1S/C12H16O2S/c1-2-3-4-9-14-12(13)10-5-7-11(15)8-6-10/h5-8,15H,2-4,9H2,1H3. The Labute approximate surface area is 96.1 Å². The number of thiol groups is 1. The van der Waals surface area contributed by atoms with Crippen molar-refractivity contribution in [3.8, 4) is 0 Å². The van der Waals surface area contributed by atoms with E-state index in [1.54, 1.807) is 24.3 Å². The quantitative estimate of drug-likeness (QED) is 0.472. The number of hydrogen-bond acceptors (Lipinski definition) is 3. The molecule has 0 aliphatic carbocycles. The van der Waals surface area contributed by atoms with E-state index >= 15 is 0 Å². The third kappa shape index (κ3) is 4.38. The van der Waals surface area contributed by atoms with Crippen LogP contribution in [0.2, 0.25) is 0 Å². The number of unbranched alkanes of at least 4 members (excludes halogenated alkanes) is 2. The maximum Gasteiger partial charge on any atom is 0.338 e. The van der Waals surface area contributed by atoms with Gasteiger partial charge in [0.2, 0.25) is 0 Å². The number of ether oxygens (including phenoxy) is 1. The second kappa shape index (κ2) is 6.51. The summed E-state index contributed by atoms with van der Waals surface area (Å²) in [7, 11) is 0. The summed E-state index contributed by atoms with van der Waals surface area (Å²) in [6, 6.07) is 7.02. The predicted octanol–water partition coefficient (Wildman–Crippen LogP) is 3.32. The van der Waals surface area contributed by atoms with Crippen LogP contribution < -0.4 is 0 Å². The Morgan fingerprint density at radius 2 is 1.93 bits per heavy atom. The van der Waals surface area contributed by atoms with Crippen LogP contribution in [0.3, 0.4) is 0 Å². The fraction of sp³-hybridized carbons (Fsp3) is 0.417. The summed E-state index contributed by atoms with van der Waals surface area (Å²) in [4.78, 5) is 12.3. The molecule has 0 radical (unpaired) electrons. The highest BCUT2D eigenvalue weighted by atomic mass is 32.1. The Morgan fingerprint density at radius 3 is 2.53 bits per heavy atom. The minimum Gasteiger partial charge on any atom is -0.462 e. The topological polar surface area (TPSA) is 26.3 Å². The molecule has 0 amide bonds. The summed E-state index contributed by atoms with van der Waals surface area (Å²) in [5.41, 5.74) is 0.587. The third-order valence-electron chi connectivity index (χ3n) is 2.08. The van der Waals surface area contributed by atoms with Gasteiger partial charge in [-0.05, 0) is 30.7 Å². The maximum atomic E-state index is 11.5. The Hall–Kier alpha value is -0.960. The Morgan fingerprint density at radius 1 is 1.27 bits per heavy atom. The van der Waals surface area contributed by atoms with Crippen LogP contribution in [0.15, 0.2) is 29.2 Å². The van der Waals surface area contributed by atoms with Gasteiger partial charge in [0.25, 0.3) is 0 Å². The Kier molecular flexibility index (Phi) is 5.26. The highest BCUT2D eigenvalue weighted by Crippen LogP contribution is 2.09. The van der Waals surface area contributed by atoms with Gasteiger partial charge >= 0.3 is 5.97 Å². The second-order valence-electron chi connectivity index (χ2n) is 3.39. The van der Waals surface area contributed by atoms with Gasteiger partial charge in [-0.15, -0.1) is 12.6 Å². The van der Waals surface area contributed by atoms with Gasteiger partial charge in [0.05, 0.1) is 12.2 Å². The van der Waals surface area contributed by atoms with Gasteiger partial charge in [0.15, 0.2) is 0 Å². The monoisotopic (exact) mass is 224 g/mol. The lowest BCUT2D eigenvalue weighted by atomic mass is 10.2. The van der Waals surface area contributed by atoms with Crippen LogP contribution in [0, 0.1) is 0 Å². The van der Waals surface area contributed by atoms with Crippen molar-refractivity contribution in [1.29, 1.82) is 0 Å². The lowest BCUT2D eigenvalue weighted by Gasteiger charge is -2.04. The minimum atomic E-state index is -0.251. The van der Waals surface area contributed by atoms with Gasteiger partial charge in [-0.1, -0.05) is 19.8 Å². The van der Waals surface area contributed by atoms with Gasteiger partial charge in [0, 0.05) is 4.90 Å². The van der Waals surface area contributed by atoms with Crippen molar-refractivity contribution in [3.63, 3.8) is 0 Å². The second-order valence-corrected chi connectivity index (χ2v) is 3.91. The molecule has 0 aliphatic rings. The maximum absolute atomic E-state index is 11.5. The lowest BCUT2D eigenvalue weighted by Crippen LogP contribution is -2.06. The van der Waals surface area contributed by atoms with Crippen LogP contribution >= 0.6 is 12.6 Å². The van der Waals surface area contributed by atoms with Crippen molar-refractivity contribution in [3.05, 3.63) is 29.8 Å². The van der Waals surface area contributed by atoms with Gasteiger partial charge in [-0.3, -0.25) is 0 Å². The Balaban J connectivity index is 2.37. The average Bonchev–Trinajstić information content (AvgIpc) is 2.25. The zero-order valence-corrected chi connectivity index (χ0v) is 9.80. The predicted molar refractivity (Wildman–Crippen MR) is 63.5 cm³/mol. The van der Waals surface area contributed by atoms with Gasteiger partial charge < -0.3 is 4.74 Å². The minimum absolute atomic E-state index is 0.251. The van der Waals surface area contributed by atoms with Gasteiger partial charge in [-0.2, -0.15) is 0 Å². The molecule has 0 unspecified atom stereocenters. The van der Waals surface area contributed by atoms with E-state index < -0.39 is 0 Å². The first-order chi connectivity index (χ1) is 7.24. The van der Waals surface area contributed by atoms with Crippen LogP contribution in [0.5, 0.6) is 0 Å². The third-order valence-corrected chi connectivity index (χ3v) is 2.38. The van der Waals surface area contributed by atoms with E-state index in [1.165, 1.54) is 0 Å². The first-order valence-electron chi connectivity index (χ1n) is 5.20. The lowest BCUT2D eigenvalue weighted by molar-refractivity contribution is 0.0498. The molecule has 0 N–H and O–H groups in total. The molecule has 0 aromatic heterocycles. The summed E-state index contributed by atoms with van der Waals surface area (Å²) in [5.74, 6) is -0.251. The number of esters is 1. The van der Waals surface area contributed by atoms with Crippen molar-refractivity contribution in [2.75, 3.05) is 6.61 Å². The molecule has 0 saturated carbocycles. The molecule has 1 aromatic rings. The van der Waals surface area contributed by atoms with Crippen molar-refractivity contribution >= 4 is 18.6 Å². The van der Waals surface area contributed by atoms with Gasteiger partial charge in [0.1, 0.15) is 0 Å². The zero-order valence-electron chi connectivity index (χ0n) is 8.90. The summed E-state index contributed by atoms with van der Waals surface area (Å²) < 4.78 is 5.11. The first kappa shape index (κ1) is 12.1. The number of carbonyl (C=O) groups excluding carboxylic acids is 1. The SMILES string of the molecule is CCCCCOC(=O)c1ccc(S)cc1. The van der Waals surface area contributed by atoms with Crippen LogP contribution in [-0.2, 0) is 4.74 Å². The van der Waals surface area contributed by atoms with Crippen molar-refractivity contribution in [2.45, 2.75) is 31.1 Å². The summed E-state index contributed by atoms with van der Waals surface area (Å²) >= 11 is 4.15. The van der Waals surface area contributed by atoms with Crippen molar-refractivity contribution in [1.82, 2.24) is 0 Å². The highest BCUT2D eigenvalue weighted by molar-refractivity contribution is 7.80. The molecule has 0 aliphatic heterocycles. The van der Waals surface area contributed by atoms with E-state index in [-0.39, 0.29) is 5.97 Å². The summed E-state index contributed by atoms with van der Waals surface area (Å²) in [6.45, 7) is 2.63. The molecule has 0 bridgehead atoms. The van der Waals surface area contributed by atoms with Gasteiger partial charge in [-0.25, -0.2) is 4.79 Å². The fourth-order valence-corrected chi connectivity index (χ4v) is 1.35. The zero-order chi connectivity index (χ0) is 11.1. The van der Waals surface area contributed by atoms with E-state index in [9.17, 15) is 4.79 Å². The molecule has 0 heterocycles. The first-order valence-corrected chi connectivity index (χ1v) is 5.65. The van der Waals surface area contributed by atoms with Crippen LogP contribution in [0.1, 0.15) is 36.5 Å². The van der Waals surface area contributed by atoms with E-state index in [1.807, 2.05) is 0 Å². The summed E-state index contributed by atoms with van der Waals surface area (Å²) in [6.07, 6.45) is 3.17. The number of benzene rings is 1.